The van der Waals surface area contributed by atoms with E-state index < -0.39 is 4.92 Å². The third-order valence-electron chi connectivity index (χ3n) is 3.15. The first-order valence-corrected chi connectivity index (χ1v) is 6.63. The number of rotatable bonds is 6. The minimum Gasteiger partial charge on any atom is -0.404 e. The molecule has 106 valence electrons. The summed E-state index contributed by atoms with van der Waals surface area (Å²) in [6, 6.07) is 11.3. The van der Waals surface area contributed by atoms with Crippen LogP contribution in [0.2, 0.25) is 0 Å². The van der Waals surface area contributed by atoms with Crippen LogP contribution in [0.4, 0.5) is 5.88 Å². The molecule has 0 fully saturated rings. The molecule has 0 radical (unpaired) electrons. The van der Waals surface area contributed by atoms with Crippen molar-refractivity contribution >= 4 is 5.88 Å². The van der Waals surface area contributed by atoms with Crippen LogP contribution >= 0.6 is 0 Å². The fourth-order valence-electron chi connectivity index (χ4n) is 2.11. The number of hydrogen-bond acceptors (Lipinski definition) is 4. The number of aryl methyl sites for hydroxylation is 1. The van der Waals surface area contributed by atoms with E-state index in [1.165, 1.54) is 17.2 Å². The van der Waals surface area contributed by atoms with Crippen LogP contribution in [-0.2, 0) is 6.42 Å². The summed E-state index contributed by atoms with van der Waals surface area (Å²) in [6.45, 7) is 4.81. The molecule has 1 N–H and O–H groups in total. The lowest BCUT2D eigenvalue weighted by Gasteiger charge is -2.15. The molecule has 0 aliphatic carbocycles. The van der Waals surface area contributed by atoms with E-state index in [-0.39, 0.29) is 11.9 Å². The second kappa shape index (κ2) is 6.34. The molecule has 1 unspecified atom stereocenters. The average Bonchev–Trinajstić information content (AvgIpc) is 2.90. The molecule has 2 rings (SSSR count). The van der Waals surface area contributed by atoms with Crippen molar-refractivity contribution in [2.45, 2.75) is 26.3 Å². The first-order chi connectivity index (χ1) is 9.60. The summed E-state index contributed by atoms with van der Waals surface area (Å²) in [6.07, 6.45) is 0.735. The molecule has 0 aliphatic heterocycles. The molecule has 0 aliphatic rings. The van der Waals surface area contributed by atoms with Crippen molar-refractivity contribution in [3.63, 3.8) is 0 Å². The van der Waals surface area contributed by atoms with Crippen molar-refractivity contribution in [2.24, 2.45) is 0 Å². The third kappa shape index (κ3) is 3.45. The van der Waals surface area contributed by atoms with Crippen LogP contribution in [0.25, 0.3) is 0 Å². The Labute approximate surface area is 117 Å². The van der Waals surface area contributed by atoms with Gasteiger partial charge in [0.1, 0.15) is 10.7 Å². The molecule has 0 saturated carbocycles. The van der Waals surface area contributed by atoms with E-state index in [9.17, 15) is 10.1 Å². The fraction of sp³-hybridized carbons (Fsp3) is 0.333. The van der Waals surface area contributed by atoms with Crippen LogP contribution in [0.1, 0.15) is 29.9 Å². The zero-order chi connectivity index (χ0) is 14.5. The van der Waals surface area contributed by atoms with Crippen molar-refractivity contribution in [3.05, 3.63) is 63.4 Å². The highest BCUT2D eigenvalue weighted by atomic mass is 16.6. The van der Waals surface area contributed by atoms with E-state index in [2.05, 4.69) is 29.6 Å². The maximum atomic E-state index is 10.7. The highest BCUT2D eigenvalue weighted by Gasteiger charge is 2.19. The van der Waals surface area contributed by atoms with Crippen LogP contribution in [-0.4, -0.2) is 11.5 Å². The predicted octanol–water partition coefficient (Wildman–Crippen LogP) is 3.39. The van der Waals surface area contributed by atoms with Crippen molar-refractivity contribution in [1.29, 1.82) is 0 Å². The van der Waals surface area contributed by atoms with Gasteiger partial charge in [-0.1, -0.05) is 36.8 Å². The summed E-state index contributed by atoms with van der Waals surface area (Å²) in [5.41, 5.74) is 2.38. The van der Waals surface area contributed by atoms with Gasteiger partial charge in [0.2, 0.25) is 0 Å². The average molecular weight is 274 g/mol. The van der Waals surface area contributed by atoms with Crippen molar-refractivity contribution < 1.29 is 9.34 Å². The second-order valence-corrected chi connectivity index (χ2v) is 4.73. The van der Waals surface area contributed by atoms with Gasteiger partial charge in [0.05, 0.1) is 12.1 Å². The SMILES string of the molecule is CCNC(Cc1ccc(C)cc1)c1ccc([N+](=O)[O-])o1. The normalized spacial score (nSPS) is 12.3. The molecule has 0 bridgehead atoms. The van der Waals surface area contributed by atoms with Gasteiger partial charge in [0.25, 0.3) is 0 Å². The summed E-state index contributed by atoms with van der Waals surface area (Å²) in [4.78, 5) is 10.2. The number of hydrogen-bond donors (Lipinski definition) is 1. The van der Waals surface area contributed by atoms with Gasteiger partial charge in [-0.3, -0.25) is 10.1 Å². The highest BCUT2D eigenvalue weighted by Crippen LogP contribution is 2.24. The maximum absolute atomic E-state index is 10.7. The molecular formula is C15H18N2O3. The summed E-state index contributed by atoms with van der Waals surface area (Å²) < 4.78 is 5.29. The molecule has 0 amide bonds. The van der Waals surface area contributed by atoms with E-state index in [0.717, 1.165) is 13.0 Å². The van der Waals surface area contributed by atoms with Gasteiger partial charge in [0.15, 0.2) is 0 Å². The Hall–Kier alpha value is -2.14. The lowest BCUT2D eigenvalue weighted by atomic mass is 10.0. The number of furan rings is 1. The van der Waals surface area contributed by atoms with E-state index in [0.29, 0.717) is 5.76 Å². The van der Waals surface area contributed by atoms with Gasteiger partial charge in [-0.05, 0) is 31.5 Å². The molecule has 20 heavy (non-hydrogen) atoms. The molecule has 2 aromatic rings. The highest BCUT2D eigenvalue weighted by molar-refractivity contribution is 5.25. The lowest BCUT2D eigenvalue weighted by Crippen LogP contribution is -2.22. The van der Waals surface area contributed by atoms with Gasteiger partial charge in [-0.15, -0.1) is 0 Å². The van der Waals surface area contributed by atoms with Crippen molar-refractivity contribution in [2.75, 3.05) is 6.54 Å². The van der Waals surface area contributed by atoms with Crippen molar-refractivity contribution in [3.8, 4) is 0 Å². The fourth-order valence-corrected chi connectivity index (χ4v) is 2.11. The Morgan fingerprint density at radius 1 is 1.25 bits per heavy atom. The molecule has 5 heteroatoms. The summed E-state index contributed by atoms with van der Waals surface area (Å²) in [7, 11) is 0. The maximum Gasteiger partial charge on any atom is 0.433 e. The predicted molar refractivity (Wildman–Crippen MR) is 76.7 cm³/mol. The summed E-state index contributed by atoms with van der Waals surface area (Å²) >= 11 is 0. The number of benzene rings is 1. The topological polar surface area (TPSA) is 68.3 Å². The van der Waals surface area contributed by atoms with Crippen LogP contribution < -0.4 is 5.32 Å². The van der Waals surface area contributed by atoms with Gasteiger partial charge < -0.3 is 9.73 Å². The molecule has 1 heterocycles. The molecular weight excluding hydrogens is 256 g/mol. The Bertz CT molecular complexity index is 575. The van der Waals surface area contributed by atoms with E-state index in [1.807, 2.05) is 13.8 Å². The second-order valence-electron chi connectivity index (χ2n) is 4.73. The minimum absolute atomic E-state index is 0.0589. The van der Waals surface area contributed by atoms with Crippen LogP contribution in [0.3, 0.4) is 0 Å². The first-order valence-electron chi connectivity index (χ1n) is 6.63. The van der Waals surface area contributed by atoms with Gasteiger partial charge >= 0.3 is 5.88 Å². The molecule has 1 aromatic heterocycles. The van der Waals surface area contributed by atoms with E-state index in [4.69, 9.17) is 4.42 Å². The minimum atomic E-state index is -0.515. The van der Waals surface area contributed by atoms with Gasteiger partial charge in [-0.2, -0.15) is 0 Å². The zero-order valence-corrected chi connectivity index (χ0v) is 11.6. The summed E-state index contributed by atoms with van der Waals surface area (Å²) in [5, 5.41) is 14.0. The van der Waals surface area contributed by atoms with Crippen LogP contribution in [0.15, 0.2) is 40.8 Å². The largest absolute Gasteiger partial charge is 0.433 e. The molecule has 0 spiro atoms. The van der Waals surface area contributed by atoms with E-state index in [1.54, 1.807) is 6.07 Å². The number of nitrogens with one attached hydrogen (secondary N) is 1. The Balaban J connectivity index is 2.17. The number of nitrogens with zero attached hydrogens (tertiary/aromatic N) is 1. The van der Waals surface area contributed by atoms with Crippen molar-refractivity contribution in [1.82, 2.24) is 5.32 Å². The quantitative estimate of drug-likeness (QED) is 0.647. The molecule has 5 nitrogen and oxygen atoms in total. The molecule has 1 aromatic carbocycles. The van der Waals surface area contributed by atoms with E-state index >= 15 is 0 Å². The standard InChI is InChI=1S/C15H18N2O3/c1-3-16-13(10-12-6-4-11(2)5-7-12)14-8-9-15(20-14)17(18)19/h4-9,13,16H,3,10H2,1-2H3. The number of likely N-dealkylation sites (N-methyl/N-ethyl adjacent to an activating group) is 1. The summed E-state index contributed by atoms with van der Waals surface area (Å²) in [5.74, 6) is 0.380. The Morgan fingerprint density at radius 2 is 1.95 bits per heavy atom. The number of nitro groups is 1. The lowest BCUT2D eigenvalue weighted by molar-refractivity contribution is -0.402. The third-order valence-corrected chi connectivity index (χ3v) is 3.15. The van der Waals surface area contributed by atoms with Gasteiger partial charge in [0, 0.05) is 0 Å². The zero-order valence-electron chi connectivity index (χ0n) is 11.6. The molecule has 1 atom stereocenters. The Kier molecular flexibility index (Phi) is 4.53. The Morgan fingerprint density at radius 3 is 2.50 bits per heavy atom. The smallest absolute Gasteiger partial charge is 0.404 e. The van der Waals surface area contributed by atoms with Crippen LogP contribution in [0.5, 0.6) is 0 Å². The first kappa shape index (κ1) is 14.3. The van der Waals surface area contributed by atoms with Gasteiger partial charge in [-0.25, -0.2) is 0 Å². The molecule has 0 saturated heterocycles. The monoisotopic (exact) mass is 274 g/mol. The van der Waals surface area contributed by atoms with Crippen LogP contribution in [0, 0.1) is 17.0 Å².